The zero-order chi connectivity index (χ0) is 13.2. The molecule has 0 radical (unpaired) electrons. The minimum absolute atomic E-state index is 0.0380. The molecule has 0 unspecified atom stereocenters. The van der Waals surface area contributed by atoms with Crippen molar-refractivity contribution in [3.05, 3.63) is 11.8 Å². The number of hydrogen-bond acceptors (Lipinski definition) is 5. The Morgan fingerprint density at radius 3 is 2.83 bits per heavy atom. The summed E-state index contributed by atoms with van der Waals surface area (Å²) < 4.78 is 26.9. The monoisotopic (exact) mass is 274 g/mol. The molecular formula is C10H18N4O3S. The summed E-state index contributed by atoms with van der Waals surface area (Å²) in [6, 6.07) is -0.0546. The molecule has 0 saturated carbocycles. The molecule has 1 fully saturated rings. The quantitative estimate of drug-likeness (QED) is 0.672. The average molecular weight is 274 g/mol. The van der Waals surface area contributed by atoms with Gasteiger partial charge in [0.05, 0.1) is 12.8 Å². The Hall–Kier alpha value is -0.960. The first-order valence-corrected chi connectivity index (χ1v) is 7.35. The van der Waals surface area contributed by atoms with E-state index in [0.717, 1.165) is 25.9 Å². The summed E-state index contributed by atoms with van der Waals surface area (Å²) >= 11 is 0. The Bertz CT molecular complexity index is 491. The number of nitrogens with zero attached hydrogens (tertiary/aromatic N) is 2. The SMILES string of the molecule is CN1CCC(NS(=O)(=O)c2[nH]ncc2CO)CC1. The number of piperidine rings is 1. The van der Waals surface area contributed by atoms with Crippen molar-refractivity contribution in [1.82, 2.24) is 19.8 Å². The van der Waals surface area contributed by atoms with Crippen LogP contribution in [0.25, 0.3) is 0 Å². The van der Waals surface area contributed by atoms with Crippen LogP contribution in [0.2, 0.25) is 0 Å². The van der Waals surface area contributed by atoms with E-state index in [1.807, 2.05) is 7.05 Å². The minimum Gasteiger partial charge on any atom is -0.392 e. The molecule has 0 spiro atoms. The van der Waals surface area contributed by atoms with E-state index in [0.29, 0.717) is 0 Å². The van der Waals surface area contributed by atoms with Crippen LogP contribution in [0.1, 0.15) is 18.4 Å². The van der Waals surface area contributed by atoms with Crippen molar-refractivity contribution in [1.29, 1.82) is 0 Å². The highest BCUT2D eigenvalue weighted by Crippen LogP contribution is 2.15. The Morgan fingerprint density at radius 2 is 2.22 bits per heavy atom. The number of rotatable bonds is 4. The Morgan fingerprint density at radius 1 is 1.56 bits per heavy atom. The van der Waals surface area contributed by atoms with Crippen molar-refractivity contribution in [2.45, 2.75) is 30.5 Å². The molecule has 0 aromatic carbocycles. The van der Waals surface area contributed by atoms with Crippen molar-refractivity contribution < 1.29 is 13.5 Å². The second-order valence-electron chi connectivity index (χ2n) is 4.58. The van der Waals surface area contributed by atoms with Gasteiger partial charge < -0.3 is 10.0 Å². The maximum atomic E-state index is 12.1. The summed E-state index contributed by atoms with van der Waals surface area (Å²) in [5, 5.41) is 15.1. The number of H-pyrrole nitrogens is 1. The topological polar surface area (TPSA) is 98.3 Å². The Kier molecular flexibility index (Phi) is 4.00. The van der Waals surface area contributed by atoms with Crippen LogP contribution in [0, 0.1) is 0 Å². The van der Waals surface area contributed by atoms with Crippen LogP contribution in [-0.4, -0.2) is 54.8 Å². The van der Waals surface area contributed by atoms with Crippen LogP contribution in [0.4, 0.5) is 0 Å². The second kappa shape index (κ2) is 5.35. The number of aliphatic hydroxyl groups is 1. The summed E-state index contributed by atoms with van der Waals surface area (Å²) in [4.78, 5) is 2.17. The highest BCUT2D eigenvalue weighted by molar-refractivity contribution is 7.89. The van der Waals surface area contributed by atoms with Crippen LogP contribution in [0.15, 0.2) is 11.2 Å². The first-order valence-electron chi connectivity index (χ1n) is 5.87. The van der Waals surface area contributed by atoms with Crippen molar-refractivity contribution in [3.8, 4) is 0 Å². The lowest BCUT2D eigenvalue weighted by atomic mass is 10.1. The van der Waals surface area contributed by atoms with Crippen LogP contribution >= 0.6 is 0 Å². The van der Waals surface area contributed by atoms with E-state index < -0.39 is 10.0 Å². The van der Waals surface area contributed by atoms with Crippen molar-refractivity contribution in [2.75, 3.05) is 20.1 Å². The molecule has 0 amide bonds. The standard InChI is InChI=1S/C10H18N4O3S/c1-14-4-2-9(3-5-14)13-18(16,17)10-8(7-15)6-11-12-10/h6,9,13,15H,2-5,7H2,1H3,(H,11,12). The van der Waals surface area contributed by atoms with Gasteiger partial charge in [0.25, 0.3) is 10.0 Å². The maximum Gasteiger partial charge on any atom is 0.258 e. The minimum atomic E-state index is -3.62. The van der Waals surface area contributed by atoms with Crippen molar-refractivity contribution in [2.24, 2.45) is 0 Å². The molecule has 102 valence electrons. The van der Waals surface area contributed by atoms with E-state index in [2.05, 4.69) is 19.8 Å². The van der Waals surface area contributed by atoms with E-state index in [9.17, 15) is 8.42 Å². The second-order valence-corrected chi connectivity index (χ2v) is 6.23. The van der Waals surface area contributed by atoms with Gasteiger partial charge in [0.15, 0.2) is 5.03 Å². The smallest absolute Gasteiger partial charge is 0.258 e. The summed E-state index contributed by atoms with van der Waals surface area (Å²) in [5.41, 5.74) is 0.287. The molecule has 1 aliphatic rings. The predicted octanol–water partition coefficient (Wildman–Crippen LogP) is -0.725. The zero-order valence-corrected chi connectivity index (χ0v) is 11.1. The molecule has 18 heavy (non-hydrogen) atoms. The number of aromatic amines is 1. The predicted molar refractivity (Wildman–Crippen MR) is 65.4 cm³/mol. The molecule has 2 rings (SSSR count). The van der Waals surface area contributed by atoms with Gasteiger partial charge in [-0.25, -0.2) is 13.1 Å². The van der Waals surface area contributed by atoms with E-state index in [1.165, 1.54) is 6.20 Å². The largest absolute Gasteiger partial charge is 0.392 e. The first kappa shape index (κ1) is 13.5. The highest BCUT2D eigenvalue weighted by Gasteiger charge is 2.26. The fourth-order valence-corrected chi connectivity index (χ4v) is 3.48. The number of hydrogen-bond donors (Lipinski definition) is 3. The van der Waals surface area contributed by atoms with Crippen LogP contribution in [-0.2, 0) is 16.6 Å². The zero-order valence-electron chi connectivity index (χ0n) is 10.3. The fourth-order valence-electron chi connectivity index (χ4n) is 2.05. The van der Waals surface area contributed by atoms with Gasteiger partial charge in [-0.05, 0) is 33.0 Å². The summed E-state index contributed by atoms with van der Waals surface area (Å²) in [5.74, 6) is 0. The summed E-state index contributed by atoms with van der Waals surface area (Å²) in [7, 11) is -1.61. The lowest BCUT2D eigenvalue weighted by Gasteiger charge is -2.29. The van der Waals surface area contributed by atoms with Gasteiger partial charge in [0.2, 0.25) is 0 Å². The normalized spacial score (nSPS) is 19.2. The number of aliphatic hydroxyl groups excluding tert-OH is 1. The molecule has 1 saturated heterocycles. The lowest BCUT2D eigenvalue weighted by Crippen LogP contribution is -2.43. The van der Waals surface area contributed by atoms with Gasteiger partial charge in [0.1, 0.15) is 0 Å². The Labute approximate surface area is 106 Å². The molecule has 3 N–H and O–H groups in total. The molecule has 1 aromatic rings. The van der Waals surface area contributed by atoms with Gasteiger partial charge in [0, 0.05) is 11.6 Å². The van der Waals surface area contributed by atoms with Crippen LogP contribution < -0.4 is 4.72 Å². The molecule has 0 aliphatic carbocycles. The number of sulfonamides is 1. The molecule has 1 aliphatic heterocycles. The van der Waals surface area contributed by atoms with Gasteiger partial charge in [-0.15, -0.1) is 0 Å². The number of likely N-dealkylation sites (tertiary alicyclic amines) is 1. The van der Waals surface area contributed by atoms with E-state index >= 15 is 0 Å². The van der Waals surface area contributed by atoms with Gasteiger partial charge in [-0.2, -0.15) is 5.10 Å². The molecule has 0 bridgehead atoms. The van der Waals surface area contributed by atoms with Crippen LogP contribution in [0.5, 0.6) is 0 Å². The van der Waals surface area contributed by atoms with Gasteiger partial charge in [-0.3, -0.25) is 5.10 Å². The molecule has 8 heteroatoms. The van der Waals surface area contributed by atoms with Crippen molar-refractivity contribution >= 4 is 10.0 Å². The molecule has 0 atom stereocenters. The maximum absolute atomic E-state index is 12.1. The lowest BCUT2D eigenvalue weighted by molar-refractivity contribution is 0.248. The Balaban J connectivity index is 2.08. The highest BCUT2D eigenvalue weighted by atomic mass is 32.2. The van der Waals surface area contributed by atoms with E-state index in [-0.39, 0.29) is 23.2 Å². The summed E-state index contributed by atoms with van der Waals surface area (Å²) in [6.45, 7) is 1.41. The third kappa shape index (κ3) is 2.89. The fraction of sp³-hybridized carbons (Fsp3) is 0.700. The molecule has 1 aromatic heterocycles. The van der Waals surface area contributed by atoms with Gasteiger partial charge >= 0.3 is 0 Å². The third-order valence-corrected chi connectivity index (χ3v) is 4.69. The average Bonchev–Trinajstić information content (AvgIpc) is 2.81. The molecule has 2 heterocycles. The molecular weight excluding hydrogens is 256 g/mol. The van der Waals surface area contributed by atoms with Crippen molar-refractivity contribution in [3.63, 3.8) is 0 Å². The first-order chi connectivity index (χ1) is 8.53. The third-order valence-electron chi connectivity index (χ3n) is 3.16. The van der Waals surface area contributed by atoms with E-state index in [4.69, 9.17) is 5.11 Å². The number of aromatic nitrogens is 2. The molecule has 7 nitrogen and oxygen atoms in total. The summed E-state index contributed by atoms with van der Waals surface area (Å²) in [6.07, 6.45) is 2.90. The van der Waals surface area contributed by atoms with Gasteiger partial charge in [-0.1, -0.05) is 0 Å². The van der Waals surface area contributed by atoms with Crippen LogP contribution in [0.3, 0.4) is 0 Å². The van der Waals surface area contributed by atoms with E-state index in [1.54, 1.807) is 0 Å². The number of nitrogens with one attached hydrogen (secondary N) is 2.